The van der Waals surface area contributed by atoms with Gasteiger partial charge >= 0.3 is 0 Å². The number of rotatable bonds is 6. The molecule has 0 fully saturated rings. The minimum absolute atomic E-state index is 0.142. The lowest BCUT2D eigenvalue weighted by Gasteiger charge is -2.16. The molecule has 31 heavy (non-hydrogen) atoms. The molecule has 156 valence electrons. The van der Waals surface area contributed by atoms with Crippen LogP contribution in [0.5, 0.6) is 0 Å². The van der Waals surface area contributed by atoms with Gasteiger partial charge in [0.15, 0.2) is 5.16 Å². The number of nitrogens with zero attached hydrogens (tertiary/aromatic N) is 2. The molecule has 1 N–H and O–H groups in total. The van der Waals surface area contributed by atoms with Crippen molar-refractivity contribution >= 4 is 34.3 Å². The molecule has 0 spiro atoms. The molecule has 0 aliphatic heterocycles. The van der Waals surface area contributed by atoms with Crippen LogP contribution < -0.4 is 10.9 Å². The van der Waals surface area contributed by atoms with Gasteiger partial charge in [-0.15, -0.1) is 0 Å². The minimum Gasteiger partial charge on any atom is -0.325 e. The largest absolute Gasteiger partial charge is 0.325 e. The molecule has 1 atom stereocenters. The van der Waals surface area contributed by atoms with E-state index in [4.69, 9.17) is 4.98 Å². The molecule has 1 amide bonds. The molecule has 5 nitrogen and oxygen atoms in total. The third-order valence-corrected chi connectivity index (χ3v) is 6.09. The smallest absolute Gasteiger partial charge is 0.266 e. The summed E-state index contributed by atoms with van der Waals surface area (Å²) in [5.74, 6) is -0.142. The normalized spacial score (nSPS) is 11.9. The summed E-state index contributed by atoms with van der Waals surface area (Å²) in [5, 5.41) is 3.53. The van der Waals surface area contributed by atoms with E-state index in [2.05, 4.69) is 12.2 Å². The number of anilines is 1. The second-order valence-electron chi connectivity index (χ2n) is 7.19. The number of aromatic nitrogens is 2. The van der Waals surface area contributed by atoms with Gasteiger partial charge in [-0.05, 0) is 55.3 Å². The molecule has 0 aliphatic carbocycles. The number of amides is 1. The van der Waals surface area contributed by atoms with Crippen LogP contribution in [0.2, 0.25) is 0 Å². The van der Waals surface area contributed by atoms with E-state index in [0.717, 1.165) is 17.8 Å². The van der Waals surface area contributed by atoms with Gasteiger partial charge in [0.05, 0.1) is 21.8 Å². The van der Waals surface area contributed by atoms with Crippen LogP contribution in [-0.2, 0) is 11.2 Å². The number of fused-ring (bicyclic) bond motifs is 1. The molecular weight excluding hydrogens is 406 g/mol. The highest BCUT2D eigenvalue weighted by Crippen LogP contribution is 2.26. The molecule has 0 bridgehead atoms. The van der Waals surface area contributed by atoms with Gasteiger partial charge in [-0.2, -0.15) is 0 Å². The van der Waals surface area contributed by atoms with Crippen LogP contribution in [0.4, 0.5) is 5.69 Å². The highest BCUT2D eigenvalue weighted by atomic mass is 32.2. The first-order valence-corrected chi connectivity index (χ1v) is 11.1. The molecule has 6 heteroatoms. The zero-order valence-corrected chi connectivity index (χ0v) is 18.2. The Morgan fingerprint density at radius 1 is 1.00 bits per heavy atom. The van der Waals surface area contributed by atoms with Crippen LogP contribution in [0.1, 0.15) is 19.4 Å². The lowest BCUT2D eigenvalue weighted by molar-refractivity contribution is -0.115. The van der Waals surface area contributed by atoms with Crippen molar-refractivity contribution in [3.63, 3.8) is 0 Å². The summed E-state index contributed by atoms with van der Waals surface area (Å²) < 4.78 is 1.58. The number of hydrogen-bond acceptors (Lipinski definition) is 4. The second-order valence-corrected chi connectivity index (χ2v) is 8.50. The van der Waals surface area contributed by atoms with Crippen molar-refractivity contribution in [1.29, 1.82) is 0 Å². The van der Waals surface area contributed by atoms with E-state index in [1.807, 2.05) is 79.7 Å². The first-order chi connectivity index (χ1) is 15.1. The second kappa shape index (κ2) is 9.18. The average Bonchev–Trinajstić information content (AvgIpc) is 2.80. The molecule has 0 saturated heterocycles. The lowest BCUT2D eigenvalue weighted by Crippen LogP contribution is -2.26. The summed E-state index contributed by atoms with van der Waals surface area (Å²) in [5.41, 5.74) is 3.15. The molecule has 4 rings (SSSR count). The molecule has 0 aliphatic rings. The van der Waals surface area contributed by atoms with Gasteiger partial charge in [0.25, 0.3) is 5.56 Å². The molecule has 1 unspecified atom stereocenters. The summed E-state index contributed by atoms with van der Waals surface area (Å²) in [7, 11) is 0. The monoisotopic (exact) mass is 429 g/mol. The van der Waals surface area contributed by atoms with Crippen LogP contribution in [0.25, 0.3) is 16.6 Å². The van der Waals surface area contributed by atoms with E-state index < -0.39 is 5.25 Å². The third-order valence-electron chi connectivity index (χ3n) is 5.04. The quantitative estimate of drug-likeness (QED) is 0.343. The van der Waals surface area contributed by atoms with Gasteiger partial charge in [-0.25, -0.2) is 4.98 Å². The Morgan fingerprint density at radius 3 is 2.39 bits per heavy atom. The molecule has 0 radical (unpaired) electrons. The van der Waals surface area contributed by atoms with Crippen LogP contribution in [0.15, 0.2) is 88.8 Å². The Kier molecular flexibility index (Phi) is 6.18. The zero-order valence-electron chi connectivity index (χ0n) is 17.4. The van der Waals surface area contributed by atoms with E-state index in [-0.39, 0.29) is 11.5 Å². The van der Waals surface area contributed by atoms with Gasteiger partial charge in [0, 0.05) is 5.69 Å². The van der Waals surface area contributed by atoms with Gasteiger partial charge in [0.1, 0.15) is 0 Å². The fourth-order valence-electron chi connectivity index (χ4n) is 3.28. The summed E-state index contributed by atoms with van der Waals surface area (Å²) in [4.78, 5) is 30.8. The number of nitrogens with one attached hydrogen (secondary N) is 1. The van der Waals surface area contributed by atoms with Crippen molar-refractivity contribution in [2.75, 3.05) is 5.32 Å². The fourth-order valence-corrected chi connectivity index (χ4v) is 4.20. The Balaban J connectivity index is 1.66. The SMILES string of the molecule is CCc1ccc(NC(=O)C(C)Sc2nc3ccccc3c(=O)n2-c2ccccc2)cc1. The first-order valence-electron chi connectivity index (χ1n) is 10.2. The van der Waals surface area contributed by atoms with Crippen molar-refractivity contribution in [2.45, 2.75) is 30.7 Å². The number of thioether (sulfide) groups is 1. The Morgan fingerprint density at radius 2 is 1.68 bits per heavy atom. The Bertz CT molecular complexity index is 1270. The van der Waals surface area contributed by atoms with Crippen molar-refractivity contribution < 1.29 is 4.79 Å². The summed E-state index contributed by atoms with van der Waals surface area (Å²) in [6, 6.07) is 24.5. The zero-order chi connectivity index (χ0) is 21.8. The van der Waals surface area contributed by atoms with Crippen molar-refractivity contribution in [3.8, 4) is 5.69 Å². The standard InChI is InChI=1S/C25H23N3O2S/c1-3-18-13-15-19(16-14-18)26-23(29)17(2)31-25-27-22-12-8-7-11-21(22)24(30)28(25)20-9-5-4-6-10-20/h4-17H,3H2,1-2H3,(H,26,29). The summed E-state index contributed by atoms with van der Waals surface area (Å²) >= 11 is 1.27. The molecule has 0 saturated carbocycles. The summed E-state index contributed by atoms with van der Waals surface area (Å²) in [6.07, 6.45) is 0.950. The maximum absolute atomic E-state index is 13.3. The van der Waals surface area contributed by atoms with E-state index in [1.54, 1.807) is 10.6 Å². The van der Waals surface area contributed by atoms with E-state index in [0.29, 0.717) is 16.1 Å². The lowest BCUT2D eigenvalue weighted by atomic mass is 10.1. The highest BCUT2D eigenvalue weighted by molar-refractivity contribution is 8.00. The van der Waals surface area contributed by atoms with Gasteiger partial charge < -0.3 is 5.32 Å². The average molecular weight is 430 g/mol. The van der Waals surface area contributed by atoms with Crippen molar-refractivity contribution in [2.24, 2.45) is 0 Å². The number of benzene rings is 3. The van der Waals surface area contributed by atoms with Gasteiger partial charge in [0.2, 0.25) is 5.91 Å². The number of carbonyl (C=O) groups is 1. The van der Waals surface area contributed by atoms with E-state index >= 15 is 0 Å². The number of carbonyl (C=O) groups excluding carboxylic acids is 1. The van der Waals surface area contributed by atoms with E-state index in [9.17, 15) is 9.59 Å². The van der Waals surface area contributed by atoms with E-state index in [1.165, 1.54) is 17.3 Å². The van der Waals surface area contributed by atoms with Crippen molar-refractivity contribution in [3.05, 3.63) is 94.8 Å². The molecule has 1 aromatic heterocycles. The van der Waals surface area contributed by atoms with Crippen LogP contribution in [0, 0.1) is 0 Å². The Labute approximate surface area is 185 Å². The molecular formula is C25H23N3O2S. The summed E-state index contributed by atoms with van der Waals surface area (Å²) in [6.45, 7) is 3.91. The predicted molar refractivity (Wildman–Crippen MR) is 127 cm³/mol. The Hall–Kier alpha value is -3.38. The van der Waals surface area contributed by atoms with Crippen LogP contribution in [-0.4, -0.2) is 20.7 Å². The van der Waals surface area contributed by atoms with Crippen molar-refractivity contribution in [1.82, 2.24) is 9.55 Å². The van der Waals surface area contributed by atoms with Crippen LogP contribution in [0.3, 0.4) is 0 Å². The van der Waals surface area contributed by atoms with Crippen LogP contribution >= 0.6 is 11.8 Å². The van der Waals surface area contributed by atoms with Gasteiger partial charge in [-0.1, -0.05) is 61.2 Å². The fraction of sp³-hybridized carbons (Fsp3) is 0.160. The third kappa shape index (κ3) is 4.54. The number of para-hydroxylation sites is 2. The predicted octanol–water partition coefficient (Wildman–Crippen LogP) is 5.07. The maximum atomic E-state index is 13.3. The molecule has 4 aromatic rings. The number of hydrogen-bond donors (Lipinski definition) is 1. The van der Waals surface area contributed by atoms with Gasteiger partial charge in [-0.3, -0.25) is 14.2 Å². The first kappa shape index (κ1) is 20.9. The number of aryl methyl sites for hydroxylation is 1. The molecule has 1 heterocycles. The topological polar surface area (TPSA) is 64.0 Å². The molecule has 3 aromatic carbocycles. The minimum atomic E-state index is -0.450. The highest BCUT2D eigenvalue weighted by Gasteiger charge is 2.20. The maximum Gasteiger partial charge on any atom is 0.266 e.